The van der Waals surface area contributed by atoms with Gasteiger partial charge >= 0.3 is 0 Å². The van der Waals surface area contributed by atoms with E-state index in [1.165, 1.54) is 0 Å². The average molecular weight is 286 g/mol. The van der Waals surface area contributed by atoms with E-state index in [9.17, 15) is 4.79 Å². The van der Waals surface area contributed by atoms with Crippen molar-refractivity contribution in [2.24, 2.45) is 0 Å². The Morgan fingerprint density at radius 1 is 1.20 bits per heavy atom. The monoisotopic (exact) mass is 285 g/mol. The van der Waals surface area contributed by atoms with Crippen LogP contribution in [0, 0.1) is 0 Å². The van der Waals surface area contributed by atoms with Crippen molar-refractivity contribution in [2.75, 3.05) is 12.4 Å². The molecule has 2 aromatic rings. The van der Waals surface area contributed by atoms with Crippen molar-refractivity contribution < 1.29 is 9.53 Å². The normalized spacial score (nSPS) is 15.1. The van der Waals surface area contributed by atoms with Crippen molar-refractivity contribution in [3.8, 4) is 5.75 Å². The maximum atomic E-state index is 12.0. The molecule has 0 atom stereocenters. The Kier molecular flexibility index (Phi) is 3.20. The SMILES string of the molecule is COc1ccc(/C=C2/C(=O)Nc3ccccc32)cc1Cl. The molecular formula is C16H12ClNO2. The highest BCUT2D eigenvalue weighted by atomic mass is 35.5. The standard InChI is InChI=1S/C16H12ClNO2/c1-20-15-7-6-10(9-13(15)17)8-12-11-4-2-3-5-14(11)18-16(12)19/h2-9H,1H3,(H,18,19)/b12-8+. The zero-order valence-corrected chi connectivity index (χ0v) is 11.6. The third kappa shape index (κ3) is 2.17. The Hall–Kier alpha value is -2.26. The Morgan fingerprint density at radius 3 is 2.75 bits per heavy atom. The average Bonchev–Trinajstić information content (AvgIpc) is 2.76. The second-order valence-corrected chi connectivity index (χ2v) is 4.86. The molecule has 0 unspecified atom stereocenters. The molecule has 0 aromatic heterocycles. The van der Waals surface area contributed by atoms with Crippen LogP contribution in [0.2, 0.25) is 5.02 Å². The number of fused-ring (bicyclic) bond motifs is 1. The number of nitrogens with one attached hydrogen (secondary N) is 1. The zero-order chi connectivity index (χ0) is 14.1. The first-order valence-electron chi connectivity index (χ1n) is 6.15. The number of benzene rings is 2. The van der Waals surface area contributed by atoms with Crippen molar-refractivity contribution in [2.45, 2.75) is 0 Å². The fourth-order valence-corrected chi connectivity index (χ4v) is 2.49. The molecule has 3 rings (SSSR count). The largest absolute Gasteiger partial charge is 0.495 e. The number of hydrogen-bond acceptors (Lipinski definition) is 2. The Morgan fingerprint density at radius 2 is 2.00 bits per heavy atom. The summed E-state index contributed by atoms with van der Waals surface area (Å²) in [7, 11) is 1.57. The third-order valence-corrected chi connectivity index (χ3v) is 3.49. The number of ether oxygens (including phenoxy) is 1. The molecule has 0 bridgehead atoms. The van der Waals surface area contributed by atoms with E-state index in [4.69, 9.17) is 16.3 Å². The molecule has 0 aliphatic carbocycles. The van der Waals surface area contributed by atoms with Gasteiger partial charge in [0.05, 0.1) is 12.1 Å². The number of anilines is 1. The van der Waals surface area contributed by atoms with E-state index in [-0.39, 0.29) is 5.91 Å². The lowest BCUT2D eigenvalue weighted by Crippen LogP contribution is -2.03. The van der Waals surface area contributed by atoms with Gasteiger partial charge in [0.1, 0.15) is 5.75 Å². The smallest absolute Gasteiger partial charge is 0.256 e. The van der Waals surface area contributed by atoms with Gasteiger partial charge in [-0.3, -0.25) is 4.79 Å². The summed E-state index contributed by atoms with van der Waals surface area (Å²) in [6.07, 6.45) is 1.83. The van der Waals surface area contributed by atoms with E-state index in [0.717, 1.165) is 16.8 Å². The Balaban J connectivity index is 2.04. The van der Waals surface area contributed by atoms with Crippen molar-refractivity contribution in [3.63, 3.8) is 0 Å². The molecule has 0 saturated heterocycles. The van der Waals surface area contributed by atoms with Gasteiger partial charge in [-0.2, -0.15) is 0 Å². The molecule has 0 saturated carbocycles. The number of carbonyl (C=O) groups excluding carboxylic acids is 1. The van der Waals surface area contributed by atoms with Crippen LogP contribution in [0.1, 0.15) is 11.1 Å². The van der Waals surface area contributed by atoms with Crippen molar-refractivity contribution in [3.05, 3.63) is 58.6 Å². The lowest BCUT2D eigenvalue weighted by Gasteiger charge is -2.04. The van der Waals surface area contributed by atoms with Crippen LogP contribution < -0.4 is 10.1 Å². The summed E-state index contributed by atoms with van der Waals surface area (Å²) in [5, 5.41) is 3.36. The molecule has 1 N–H and O–H groups in total. The van der Waals surface area contributed by atoms with Crippen LogP contribution >= 0.6 is 11.6 Å². The first kappa shape index (κ1) is 12.8. The molecule has 4 heteroatoms. The first-order chi connectivity index (χ1) is 9.69. The molecule has 1 heterocycles. The molecule has 0 spiro atoms. The van der Waals surface area contributed by atoms with E-state index in [1.807, 2.05) is 36.4 Å². The minimum atomic E-state index is -0.0989. The summed E-state index contributed by atoms with van der Waals surface area (Å²) in [6.45, 7) is 0. The van der Waals surface area contributed by atoms with Crippen LogP contribution in [0.5, 0.6) is 5.75 Å². The minimum absolute atomic E-state index is 0.0989. The lowest BCUT2D eigenvalue weighted by atomic mass is 10.0. The predicted octanol–water partition coefficient (Wildman–Crippen LogP) is 3.84. The number of carbonyl (C=O) groups is 1. The Bertz CT molecular complexity index is 722. The van der Waals surface area contributed by atoms with Crippen LogP contribution in [0.3, 0.4) is 0 Å². The Labute approximate surface area is 121 Å². The molecule has 1 aliphatic heterocycles. The molecule has 0 fully saturated rings. The topological polar surface area (TPSA) is 38.3 Å². The summed E-state index contributed by atoms with van der Waals surface area (Å²) in [4.78, 5) is 12.0. The van der Waals surface area contributed by atoms with Crippen LogP contribution in [-0.4, -0.2) is 13.0 Å². The van der Waals surface area contributed by atoms with Crippen LogP contribution in [0.15, 0.2) is 42.5 Å². The van der Waals surface area contributed by atoms with E-state index >= 15 is 0 Å². The summed E-state index contributed by atoms with van der Waals surface area (Å²) in [5.74, 6) is 0.517. The fourth-order valence-electron chi connectivity index (χ4n) is 2.22. The summed E-state index contributed by atoms with van der Waals surface area (Å²) >= 11 is 6.10. The zero-order valence-electron chi connectivity index (χ0n) is 10.8. The van der Waals surface area contributed by atoms with Gasteiger partial charge in [-0.15, -0.1) is 0 Å². The molecule has 0 radical (unpaired) electrons. The van der Waals surface area contributed by atoms with Gasteiger partial charge in [-0.05, 0) is 29.8 Å². The summed E-state index contributed by atoms with van der Waals surface area (Å²) in [6, 6.07) is 13.0. The number of para-hydroxylation sites is 1. The quantitative estimate of drug-likeness (QED) is 0.851. The van der Waals surface area contributed by atoms with Gasteiger partial charge in [-0.1, -0.05) is 35.9 Å². The molecular weight excluding hydrogens is 274 g/mol. The van der Waals surface area contributed by atoms with Gasteiger partial charge < -0.3 is 10.1 Å². The maximum Gasteiger partial charge on any atom is 0.256 e. The summed E-state index contributed by atoms with van der Waals surface area (Å²) in [5.41, 5.74) is 3.24. The molecule has 3 nitrogen and oxygen atoms in total. The van der Waals surface area contributed by atoms with Gasteiger partial charge in [0, 0.05) is 16.8 Å². The second-order valence-electron chi connectivity index (χ2n) is 4.45. The maximum absolute atomic E-state index is 12.0. The van der Waals surface area contributed by atoms with Crippen LogP contribution in [0.4, 0.5) is 5.69 Å². The molecule has 1 amide bonds. The van der Waals surface area contributed by atoms with Gasteiger partial charge in [-0.25, -0.2) is 0 Å². The highest BCUT2D eigenvalue weighted by Gasteiger charge is 2.23. The fraction of sp³-hybridized carbons (Fsp3) is 0.0625. The lowest BCUT2D eigenvalue weighted by molar-refractivity contribution is -0.110. The number of amides is 1. The van der Waals surface area contributed by atoms with E-state index in [1.54, 1.807) is 19.2 Å². The molecule has 1 aliphatic rings. The van der Waals surface area contributed by atoms with Crippen molar-refractivity contribution in [1.29, 1.82) is 0 Å². The highest BCUT2D eigenvalue weighted by molar-refractivity contribution is 6.35. The van der Waals surface area contributed by atoms with Crippen molar-refractivity contribution in [1.82, 2.24) is 0 Å². The van der Waals surface area contributed by atoms with Gasteiger partial charge in [0.25, 0.3) is 5.91 Å². The molecule has 100 valence electrons. The van der Waals surface area contributed by atoms with E-state index in [2.05, 4.69) is 5.32 Å². The van der Waals surface area contributed by atoms with Crippen molar-refractivity contribution >= 4 is 34.8 Å². The van der Waals surface area contributed by atoms with E-state index < -0.39 is 0 Å². The van der Waals surface area contributed by atoms with Crippen LogP contribution in [0.25, 0.3) is 11.6 Å². The highest BCUT2D eigenvalue weighted by Crippen LogP contribution is 2.33. The number of methoxy groups -OCH3 is 1. The van der Waals surface area contributed by atoms with E-state index in [0.29, 0.717) is 16.3 Å². The minimum Gasteiger partial charge on any atom is -0.495 e. The van der Waals surface area contributed by atoms with Gasteiger partial charge in [0.15, 0.2) is 0 Å². The first-order valence-corrected chi connectivity index (χ1v) is 6.53. The predicted molar refractivity (Wildman–Crippen MR) is 80.9 cm³/mol. The number of rotatable bonds is 2. The third-order valence-electron chi connectivity index (χ3n) is 3.20. The van der Waals surface area contributed by atoms with Crippen LogP contribution in [-0.2, 0) is 4.79 Å². The number of halogens is 1. The molecule has 2 aromatic carbocycles. The number of hydrogen-bond donors (Lipinski definition) is 1. The summed E-state index contributed by atoms with van der Waals surface area (Å²) < 4.78 is 5.12. The second kappa shape index (κ2) is 5.02. The molecule has 20 heavy (non-hydrogen) atoms. The van der Waals surface area contributed by atoms with Gasteiger partial charge in [0.2, 0.25) is 0 Å².